The molecule has 0 unspecified atom stereocenters. The molecule has 1 heterocycles. The van der Waals surface area contributed by atoms with Crippen LogP contribution >= 0.6 is 11.3 Å². The number of thiazole rings is 1. The van der Waals surface area contributed by atoms with Crippen LogP contribution in [0.2, 0.25) is 0 Å². The molecule has 0 amide bonds. The van der Waals surface area contributed by atoms with Crippen LogP contribution in [0.25, 0.3) is 11.3 Å². The van der Waals surface area contributed by atoms with Crippen molar-refractivity contribution >= 4 is 11.3 Å². The number of nitriles is 3. The van der Waals surface area contributed by atoms with E-state index in [4.69, 9.17) is 15.5 Å². The van der Waals surface area contributed by atoms with Crippen LogP contribution in [0.5, 0.6) is 0 Å². The third-order valence-corrected chi connectivity index (χ3v) is 7.15. The molecule has 5 heteroatoms. The SMILES string of the molecule is Cc1ccc(-c2csc(C(C#N)(Cc3ccc(C#N)cc3)Cc3ccc(C#N)cc3)n2)cc1C. The van der Waals surface area contributed by atoms with Crippen molar-refractivity contribution < 1.29 is 0 Å². The van der Waals surface area contributed by atoms with Gasteiger partial charge < -0.3 is 0 Å². The van der Waals surface area contributed by atoms with Crippen molar-refractivity contribution in [3.8, 4) is 29.5 Å². The van der Waals surface area contributed by atoms with E-state index in [1.54, 1.807) is 24.3 Å². The van der Waals surface area contributed by atoms with Gasteiger partial charge in [-0.1, -0.05) is 36.4 Å². The molecule has 0 saturated carbocycles. The van der Waals surface area contributed by atoms with Gasteiger partial charge in [-0.3, -0.25) is 0 Å². The lowest BCUT2D eigenvalue weighted by Crippen LogP contribution is -2.30. The summed E-state index contributed by atoms with van der Waals surface area (Å²) in [7, 11) is 0. The topological polar surface area (TPSA) is 84.3 Å². The van der Waals surface area contributed by atoms with Gasteiger partial charge in [0.1, 0.15) is 10.4 Å². The molecule has 0 aliphatic rings. The van der Waals surface area contributed by atoms with Crippen LogP contribution in [-0.4, -0.2) is 4.98 Å². The fourth-order valence-corrected chi connectivity index (χ4v) is 4.94. The summed E-state index contributed by atoms with van der Waals surface area (Å²) in [5.74, 6) is 0. The summed E-state index contributed by atoms with van der Waals surface area (Å²) in [6, 6.07) is 27.9. The Hall–Kier alpha value is -4.24. The second-order valence-corrected chi connectivity index (χ2v) is 9.36. The Morgan fingerprint density at radius 1 is 0.765 bits per heavy atom. The van der Waals surface area contributed by atoms with Crippen LogP contribution in [0, 0.1) is 47.8 Å². The molecule has 4 rings (SSSR count). The zero-order chi connectivity index (χ0) is 24.1. The lowest BCUT2D eigenvalue weighted by molar-refractivity contribution is 0.538. The standard InChI is InChI=1S/C29H22N4S/c1-20-3-12-26(13-21(20)2)27-18-34-28(33-27)29(19-32,14-22-4-8-24(16-30)9-5-22)15-23-6-10-25(17-31)11-7-23/h3-13,18H,14-15H2,1-2H3. The average molecular weight is 459 g/mol. The predicted molar refractivity (Wildman–Crippen MR) is 134 cm³/mol. The van der Waals surface area contributed by atoms with Gasteiger partial charge in [0, 0.05) is 10.9 Å². The highest BCUT2D eigenvalue weighted by Crippen LogP contribution is 2.36. The number of aryl methyl sites for hydroxylation is 2. The van der Waals surface area contributed by atoms with Gasteiger partial charge in [-0.15, -0.1) is 11.3 Å². The largest absolute Gasteiger partial charge is 0.239 e. The number of hydrogen-bond donors (Lipinski definition) is 0. The maximum Gasteiger partial charge on any atom is 0.117 e. The van der Waals surface area contributed by atoms with Crippen molar-refractivity contribution in [1.82, 2.24) is 4.98 Å². The predicted octanol–water partition coefficient (Wildman–Crippen LogP) is 6.42. The first kappa shape index (κ1) is 22.9. The zero-order valence-corrected chi connectivity index (χ0v) is 19.9. The van der Waals surface area contributed by atoms with E-state index < -0.39 is 5.41 Å². The van der Waals surface area contributed by atoms with Crippen molar-refractivity contribution in [3.63, 3.8) is 0 Å². The fraction of sp³-hybridized carbons (Fsp3) is 0.172. The number of aromatic nitrogens is 1. The Bertz CT molecular complexity index is 1380. The van der Waals surface area contributed by atoms with Crippen molar-refractivity contribution in [2.45, 2.75) is 32.1 Å². The Morgan fingerprint density at radius 2 is 1.32 bits per heavy atom. The Morgan fingerprint density at radius 3 is 1.79 bits per heavy atom. The summed E-state index contributed by atoms with van der Waals surface area (Å²) in [6.07, 6.45) is 0.935. The summed E-state index contributed by atoms with van der Waals surface area (Å²) in [5, 5.41) is 31.6. The first-order valence-corrected chi connectivity index (χ1v) is 11.8. The van der Waals surface area contributed by atoms with E-state index in [-0.39, 0.29) is 0 Å². The van der Waals surface area contributed by atoms with E-state index in [1.807, 2.05) is 29.6 Å². The highest BCUT2D eigenvalue weighted by Gasteiger charge is 2.36. The van der Waals surface area contributed by atoms with Crippen LogP contribution in [0.15, 0.2) is 72.1 Å². The van der Waals surface area contributed by atoms with E-state index in [0.717, 1.165) is 27.4 Å². The van der Waals surface area contributed by atoms with E-state index in [1.165, 1.54) is 22.5 Å². The summed E-state index contributed by atoms with van der Waals surface area (Å²) >= 11 is 1.50. The minimum Gasteiger partial charge on any atom is -0.239 e. The molecule has 4 aromatic rings. The molecule has 0 aliphatic heterocycles. The van der Waals surface area contributed by atoms with Crippen LogP contribution in [0.3, 0.4) is 0 Å². The first-order valence-electron chi connectivity index (χ1n) is 10.9. The maximum absolute atomic E-state index is 10.5. The average Bonchev–Trinajstić information content (AvgIpc) is 3.37. The summed E-state index contributed by atoms with van der Waals surface area (Å²) in [5.41, 5.74) is 6.56. The second-order valence-electron chi connectivity index (χ2n) is 8.50. The van der Waals surface area contributed by atoms with Gasteiger partial charge in [-0.25, -0.2) is 4.98 Å². The second kappa shape index (κ2) is 9.72. The van der Waals surface area contributed by atoms with Gasteiger partial charge in [0.15, 0.2) is 0 Å². The van der Waals surface area contributed by atoms with Gasteiger partial charge in [-0.05, 0) is 79.3 Å². The minimum absolute atomic E-state index is 0.467. The van der Waals surface area contributed by atoms with Gasteiger partial charge in [-0.2, -0.15) is 15.8 Å². The number of benzene rings is 3. The molecule has 164 valence electrons. The normalized spacial score (nSPS) is 10.8. The quantitative estimate of drug-likeness (QED) is 0.334. The Kier molecular flexibility index (Phi) is 6.55. The molecule has 0 radical (unpaired) electrons. The van der Waals surface area contributed by atoms with E-state index >= 15 is 0 Å². The Labute approximate surface area is 204 Å². The molecule has 0 saturated heterocycles. The Balaban J connectivity index is 1.76. The van der Waals surface area contributed by atoms with Crippen molar-refractivity contribution in [3.05, 3.63) is 110 Å². The lowest BCUT2D eigenvalue weighted by Gasteiger charge is -2.25. The van der Waals surface area contributed by atoms with Gasteiger partial charge in [0.05, 0.1) is 35.0 Å². The highest BCUT2D eigenvalue weighted by molar-refractivity contribution is 7.10. The van der Waals surface area contributed by atoms with E-state index in [0.29, 0.717) is 24.0 Å². The lowest BCUT2D eigenvalue weighted by atomic mass is 9.78. The van der Waals surface area contributed by atoms with E-state index in [2.05, 4.69) is 50.3 Å². The third-order valence-electron chi connectivity index (χ3n) is 6.11. The monoisotopic (exact) mass is 458 g/mol. The van der Waals surface area contributed by atoms with Gasteiger partial charge >= 0.3 is 0 Å². The molecule has 0 N–H and O–H groups in total. The molecule has 0 atom stereocenters. The summed E-state index contributed by atoms with van der Waals surface area (Å²) in [4.78, 5) is 4.95. The van der Waals surface area contributed by atoms with Crippen LogP contribution in [0.4, 0.5) is 0 Å². The molecular weight excluding hydrogens is 436 g/mol. The van der Waals surface area contributed by atoms with Crippen LogP contribution in [-0.2, 0) is 18.3 Å². The maximum atomic E-state index is 10.5. The van der Waals surface area contributed by atoms with Crippen molar-refractivity contribution in [1.29, 1.82) is 15.8 Å². The number of rotatable bonds is 6. The number of hydrogen-bond acceptors (Lipinski definition) is 5. The van der Waals surface area contributed by atoms with Crippen molar-refractivity contribution in [2.75, 3.05) is 0 Å². The first-order chi connectivity index (χ1) is 16.5. The summed E-state index contributed by atoms with van der Waals surface area (Å²) in [6.45, 7) is 4.17. The molecule has 1 aromatic heterocycles. The smallest absolute Gasteiger partial charge is 0.117 e. The molecule has 3 aromatic carbocycles. The molecule has 0 fully saturated rings. The van der Waals surface area contributed by atoms with Gasteiger partial charge in [0.2, 0.25) is 0 Å². The molecule has 0 spiro atoms. The molecule has 0 bridgehead atoms. The summed E-state index contributed by atoms with van der Waals surface area (Å²) < 4.78 is 0. The third kappa shape index (κ3) is 4.74. The zero-order valence-electron chi connectivity index (χ0n) is 19.0. The van der Waals surface area contributed by atoms with Crippen LogP contribution in [0.1, 0.15) is 38.4 Å². The fourth-order valence-electron chi connectivity index (χ4n) is 3.96. The van der Waals surface area contributed by atoms with E-state index in [9.17, 15) is 5.26 Å². The van der Waals surface area contributed by atoms with Crippen molar-refractivity contribution in [2.24, 2.45) is 0 Å². The number of nitrogens with zero attached hydrogens (tertiary/aromatic N) is 4. The highest BCUT2D eigenvalue weighted by atomic mass is 32.1. The minimum atomic E-state index is -0.884. The molecule has 34 heavy (non-hydrogen) atoms. The molecule has 4 nitrogen and oxygen atoms in total. The van der Waals surface area contributed by atoms with Crippen LogP contribution < -0.4 is 0 Å². The van der Waals surface area contributed by atoms with Gasteiger partial charge in [0.25, 0.3) is 0 Å². The molecule has 0 aliphatic carbocycles. The molecular formula is C29H22N4S.